The zero-order chi connectivity index (χ0) is 21.3. The van der Waals surface area contributed by atoms with Gasteiger partial charge in [0.25, 0.3) is 0 Å². The van der Waals surface area contributed by atoms with Gasteiger partial charge in [-0.15, -0.1) is 0 Å². The Morgan fingerprint density at radius 3 is 2.39 bits per heavy atom. The fraction of sp³-hybridized carbons (Fsp3) is 0.533. The molecule has 0 unspecified atom stereocenters. The highest BCUT2D eigenvalue weighted by Crippen LogP contribution is 2.39. The van der Waals surface area contributed by atoms with Crippen molar-refractivity contribution in [2.75, 3.05) is 20.3 Å². The molecule has 1 saturated heterocycles. The van der Waals surface area contributed by atoms with Crippen LogP contribution in [0.2, 0.25) is 0 Å². The second-order valence-electron chi connectivity index (χ2n) is 5.95. The van der Waals surface area contributed by atoms with Crippen molar-refractivity contribution in [1.29, 1.82) is 0 Å². The molecule has 1 aromatic carbocycles. The van der Waals surface area contributed by atoms with Gasteiger partial charge in [-0.3, -0.25) is 4.79 Å². The van der Waals surface area contributed by atoms with Crippen LogP contribution in [0.5, 0.6) is 5.75 Å². The van der Waals surface area contributed by atoms with Crippen molar-refractivity contribution in [3.05, 3.63) is 23.8 Å². The number of carbonyl (C=O) groups is 1. The average molecular weight is 435 g/mol. The standard InChI is InChI=1S/C15H15F6NO5S/c1-26-13(23)11-5-9(6-22-11)28(24,25)12-3-2-8(27-7-14(16,17)18)4-10(12)15(19,20)21/h2-4,9,11,22H,5-7H2,1H3/t9-,11+/m1/s1. The minimum absolute atomic E-state index is 0.207. The minimum Gasteiger partial charge on any atom is -0.484 e. The lowest BCUT2D eigenvalue weighted by Gasteiger charge is -2.18. The molecule has 0 radical (unpaired) electrons. The highest BCUT2D eigenvalue weighted by Gasteiger charge is 2.44. The molecule has 0 aromatic heterocycles. The van der Waals surface area contributed by atoms with Crippen LogP contribution in [0.15, 0.2) is 23.1 Å². The number of sulfone groups is 1. The van der Waals surface area contributed by atoms with Crippen molar-refractivity contribution < 1.29 is 49.0 Å². The van der Waals surface area contributed by atoms with E-state index in [2.05, 4.69) is 14.8 Å². The van der Waals surface area contributed by atoms with Gasteiger partial charge in [-0.25, -0.2) is 8.42 Å². The molecule has 0 amide bonds. The number of benzene rings is 1. The van der Waals surface area contributed by atoms with Gasteiger partial charge in [-0.2, -0.15) is 26.3 Å². The van der Waals surface area contributed by atoms with Gasteiger partial charge in [-0.05, 0) is 24.6 Å². The monoisotopic (exact) mass is 435 g/mol. The lowest BCUT2D eigenvalue weighted by atomic mass is 10.2. The van der Waals surface area contributed by atoms with Gasteiger partial charge in [0.2, 0.25) is 0 Å². The Balaban J connectivity index is 2.37. The van der Waals surface area contributed by atoms with Gasteiger partial charge in [0, 0.05) is 6.54 Å². The molecule has 28 heavy (non-hydrogen) atoms. The van der Waals surface area contributed by atoms with E-state index in [9.17, 15) is 39.6 Å². The van der Waals surface area contributed by atoms with Gasteiger partial charge in [-0.1, -0.05) is 0 Å². The smallest absolute Gasteiger partial charge is 0.422 e. The molecule has 158 valence electrons. The summed E-state index contributed by atoms with van der Waals surface area (Å²) in [4.78, 5) is 10.4. The molecule has 13 heteroatoms. The summed E-state index contributed by atoms with van der Waals surface area (Å²) in [6.45, 7) is -2.12. The Bertz CT molecular complexity index is 836. The highest BCUT2D eigenvalue weighted by molar-refractivity contribution is 7.92. The number of hydrogen-bond donors (Lipinski definition) is 1. The van der Waals surface area contributed by atoms with Crippen LogP contribution in [0.3, 0.4) is 0 Å². The Labute approximate surface area is 155 Å². The first-order chi connectivity index (χ1) is 12.8. The minimum atomic E-state index is -5.16. The van der Waals surface area contributed by atoms with E-state index >= 15 is 0 Å². The highest BCUT2D eigenvalue weighted by atomic mass is 32.2. The van der Waals surface area contributed by atoms with Crippen LogP contribution in [-0.2, 0) is 25.5 Å². The summed E-state index contributed by atoms with van der Waals surface area (Å²) in [5.41, 5.74) is -1.64. The Hall–Kier alpha value is -2.02. The lowest BCUT2D eigenvalue weighted by Crippen LogP contribution is -2.31. The van der Waals surface area contributed by atoms with Crippen molar-refractivity contribution in [3.63, 3.8) is 0 Å². The quantitative estimate of drug-likeness (QED) is 0.565. The van der Waals surface area contributed by atoms with Crippen LogP contribution in [0.25, 0.3) is 0 Å². The van der Waals surface area contributed by atoms with Crippen LogP contribution in [-0.4, -0.2) is 52.1 Å². The third kappa shape index (κ3) is 5.07. The van der Waals surface area contributed by atoms with Crippen molar-refractivity contribution in [2.24, 2.45) is 0 Å². The summed E-state index contributed by atoms with van der Waals surface area (Å²) in [6, 6.07) is 0.482. The van der Waals surface area contributed by atoms with Crippen molar-refractivity contribution in [3.8, 4) is 5.75 Å². The van der Waals surface area contributed by atoms with E-state index in [4.69, 9.17) is 0 Å². The number of ether oxygens (including phenoxy) is 2. The summed E-state index contributed by atoms with van der Waals surface area (Å²) in [7, 11) is -3.48. The van der Waals surface area contributed by atoms with Crippen LogP contribution in [0.4, 0.5) is 26.3 Å². The molecule has 0 saturated carbocycles. The second kappa shape index (κ2) is 7.78. The Kier molecular flexibility index (Phi) is 6.19. The third-order valence-corrected chi connectivity index (χ3v) is 6.19. The topological polar surface area (TPSA) is 81.7 Å². The number of halogens is 6. The van der Waals surface area contributed by atoms with Crippen LogP contribution in [0, 0.1) is 0 Å². The normalized spacial score (nSPS) is 20.8. The van der Waals surface area contributed by atoms with E-state index in [1.165, 1.54) is 0 Å². The fourth-order valence-electron chi connectivity index (χ4n) is 2.67. The number of carbonyl (C=O) groups excluding carboxylic acids is 1. The van der Waals surface area contributed by atoms with E-state index in [0.29, 0.717) is 12.1 Å². The van der Waals surface area contributed by atoms with Crippen molar-refractivity contribution >= 4 is 15.8 Å². The first-order valence-electron chi connectivity index (χ1n) is 7.71. The molecular weight excluding hydrogens is 420 g/mol. The summed E-state index contributed by atoms with van der Waals surface area (Å²) in [6.07, 6.45) is -10.2. The van der Waals surface area contributed by atoms with Crippen molar-refractivity contribution in [2.45, 2.75) is 35.0 Å². The predicted octanol–water partition coefficient (Wildman–Crippen LogP) is 2.32. The maximum atomic E-state index is 13.3. The van der Waals surface area contributed by atoms with Crippen LogP contribution >= 0.6 is 0 Å². The molecule has 1 N–H and O–H groups in total. The SMILES string of the molecule is COC(=O)[C@@H]1C[C@@H](S(=O)(=O)c2ccc(OCC(F)(F)F)cc2C(F)(F)F)CN1. The molecule has 6 nitrogen and oxygen atoms in total. The summed E-state index contributed by atoms with van der Waals surface area (Å²) < 4.78 is 111. The van der Waals surface area contributed by atoms with Crippen molar-refractivity contribution in [1.82, 2.24) is 5.32 Å². The molecule has 1 aliphatic rings. The molecular formula is C15H15F6NO5S. The van der Waals surface area contributed by atoms with Crippen LogP contribution in [0.1, 0.15) is 12.0 Å². The Morgan fingerprint density at radius 2 is 1.86 bits per heavy atom. The average Bonchev–Trinajstić information content (AvgIpc) is 3.08. The van der Waals surface area contributed by atoms with Gasteiger partial charge in [0.15, 0.2) is 16.4 Å². The number of nitrogens with one attached hydrogen (secondary N) is 1. The maximum Gasteiger partial charge on any atom is 0.422 e. The van der Waals surface area contributed by atoms with E-state index in [1.807, 2.05) is 0 Å². The second-order valence-corrected chi connectivity index (χ2v) is 8.14. The number of alkyl halides is 6. The Morgan fingerprint density at radius 1 is 1.21 bits per heavy atom. The summed E-state index contributed by atoms with van der Waals surface area (Å²) >= 11 is 0. The van der Waals surface area contributed by atoms with E-state index in [0.717, 1.165) is 7.11 Å². The molecule has 0 bridgehead atoms. The molecule has 0 spiro atoms. The van der Waals surface area contributed by atoms with Gasteiger partial charge >= 0.3 is 18.3 Å². The van der Waals surface area contributed by atoms with E-state index in [1.54, 1.807) is 0 Å². The molecule has 0 aliphatic carbocycles. The number of hydrogen-bond acceptors (Lipinski definition) is 6. The summed E-state index contributed by atoms with van der Waals surface area (Å²) in [5, 5.41) is 1.21. The maximum absolute atomic E-state index is 13.3. The fourth-order valence-corrected chi connectivity index (χ4v) is 4.53. The van der Waals surface area contributed by atoms with E-state index in [-0.39, 0.29) is 19.0 Å². The molecule has 1 fully saturated rings. The van der Waals surface area contributed by atoms with E-state index < -0.39 is 62.3 Å². The lowest BCUT2D eigenvalue weighted by molar-refractivity contribution is -0.153. The number of methoxy groups -OCH3 is 1. The van der Waals surface area contributed by atoms with Crippen LogP contribution < -0.4 is 10.1 Å². The molecule has 1 aromatic rings. The number of esters is 1. The molecule has 1 aliphatic heterocycles. The number of rotatable bonds is 5. The molecule has 2 atom stereocenters. The third-order valence-electron chi connectivity index (χ3n) is 3.98. The van der Waals surface area contributed by atoms with Gasteiger partial charge < -0.3 is 14.8 Å². The zero-order valence-corrected chi connectivity index (χ0v) is 15.0. The summed E-state index contributed by atoms with van der Waals surface area (Å²) in [5.74, 6) is -1.54. The molecule has 1 heterocycles. The predicted molar refractivity (Wildman–Crippen MR) is 82.4 cm³/mol. The first kappa shape index (κ1) is 22.3. The zero-order valence-electron chi connectivity index (χ0n) is 14.2. The largest absolute Gasteiger partial charge is 0.484 e. The first-order valence-corrected chi connectivity index (χ1v) is 9.26. The molecule has 2 rings (SSSR count). The van der Waals surface area contributed by atoms with Gasteiger partial charge in [0.1, 0.15) is 11.8 Å². The van der Waals surface area contributed by atoms with Gasteiger partial charge in [0.05, 0.1) is 22.8 Å².